The highest BCUT2D eigenvalue weighted by atomic mass is 16.3. The number of unbranched alkanes of at least 4 members (excludes halogenated alkanes) is 30. The molecule has 0 bridgehead atoms. The predicted molar refractivity (Wildman–Crippen MR) is 205 cm³/mol. The van der Waals surface area contributed by atoms with Crippen molar-refractivity contribution in [2.45, 2.75) is 257 Å². The fraction of sp³-hybridized carbons (Fsp3) is 0.976. The third-order valence-electron chi connectivity index (χ3n) is 10.3. The lowest BCUT2D eigenvalue weighted by Crippen LogP contribution is -2.53. The summed E-state index contributed by atoms with van der Waals surface area (Å²) in [6, 6.07) is -0.977. The van der Waals surface area contributed by atoms with Gasteiger partial charge in [0, 0.05) is 0 Å². The number of amides is 1. The Hall–Kier alpha value is -0.690. The second kappa shape index (κ2) is 37.6. The van der Waals surface area contributed by atoms with Crippen LogP contribution >= 0.6 is 0 Å². The van der Waals surface area contributed by atoms with Crippen LogP contribution in [0.1, 0.15) is 232 Å². The molecule has 48 heavy (non-hydrogen) atoms. The minimum Gasteiger partial charge on any atom is -0.394 e. The van der Waals surface area contributed by atoms with E-state index in [2.05, 4.69) is 19.2 Å². The van der Waals surface area contributed by atoms with Gasteiger partial charge in [0.1, 0.15) is 12.2 Å². The van der Waals surface area contributed by atoms with Crippen LogP contribution in [0.5, 0.6) is 0 Å². The molecule has 0 rings (SSSR count). The highest BCUT2D eigenvalue weighted by Crippen LogP contribution is 2.17. The number of carbonyl (C=O) groups excluding carboxylic acids is 1. The molecule has 1 amide bonds. The molecule has 4 atom stereocenters. The van der Waals surface area contributed by atoms with Crippen molar-refractivity contribution in [3.63, 3.8) is 0 Å². The normalized spacial score (nSPS) is 14.2. The van der Waals surface area contributed by atoms with Crippen molar-refractivity contribution in [3.05, 3.63) is 0 Å². The van der Waals surface area contributed by atoms with E-state index in [9.17, 15) is 25.2 Å². The van der Waals surface area contributed by atoms with Gasteiger partial charge in [0.25, 0.3) is 0 Å². The van der Waals surface area contributed by atoms with Crippen molar-refractivity contribution < 1.29 is 25.2 Å². The number of rotatable bonds is 39. The van der Waals surface area contributed by atoms with Crippen LogP contribution in [0.4, 0.5) is 0 Å². The van der Waals surface area contributed by atoms with E-state index < -0.39 is 36.9 Å². The molecule has 6 heteroatoms. The fourth-order valence-electron chi connectivity index (χ4n) is 6.88. The van der Waals surface area contributed by atoms with Crippen LogP contribution in [-0.2, 0) is 4.79 Å². The number of carbonyl (C=O) groups is 1. The van der Waals surface area contributed by atoms with Crippen LogP contribution in [0.15, 0.2) is 0 Å². The second-order valence-corrected chi connectivity index (χ2v) is 15.1. The second-order valence-electron chi connectivity index (χ2n) is 15.1. The monoisotopic (exact) mass is 684 g/mol. The van der Waals surface area contributed by atoms with Crippen molar-refractivity contribution >= 4 is 5.91 Å². The van der Waals surface area contributed by atoms with Gasteiger partial charge in [-0.05, 0) is 12.8 Å². The molecule has 0 heterocycles. The third-order valence-corrected chi connectivity index (χ3v) is 10.3. The molecule has 0 fully saturated rings. The first-order chi connectivity index (χ1) is 23.5. The van der Waals surface area contributed by atoms with E-state index in [4.69, 9.17) is 0 Å². The molecule has 288 valence electrons. The first-order valence-corrected chi connectivity index (χ1v) is 21.4. The summed E-state index contributed by atoms with van der Waals surface area (Å²) in [7, 11) is 0. The smallest absolute Gasteiger partial charge is 0.249 e. The van der Waals surface area contributed by atoms with Crippen molar-refractivity contribution in [1.82, 2.24) is 5.32 Å². The Bertz CT molecular complexity index is 648. The Kier molecular flexibility index (Phi) is 37.0. The first-order valence-electron chi connectivity index (χ1n) is 21.4. The molecule has 6 nitrogen and oxygen atoms in total. The molecule has 0 aliphatic carbocycles. The van der Waals surface area contributed by atoms with E-state index in [1.165, 1.54) is 167 Å². The third kappa shape index (κ3) is 31.3. The zero-order valence-corrected chi connectivity index (χ0v) is 32.3. The summed E-state index contributed by atoms with van der Waals surface area (Å²) < 4.78 is 0. The molecule has 0 radical (unpaired) electrons. The van der Waals surface area contributed by atoms with Gasteiger partial charge in [0.05, 0.1) is 18.8 Å². The quantitative estimate of drug-likeness (QED) is 0.0414. The summed E-state index contributed by atoms with van der Waals surface area (Å²) in [6.45, 7) is 4.04. The fourth-order valence-corrected chi connectivity index (χ4v) is 6.88. The Balaban J connectivity index is 3.65. The summed E-state index contributed by atoms with van der Waals surface area (Å²) in [4.78, 5) is 12.4. The average molecular weight is 684 g/mol. The Morgan fingerprint density at radius 3 is 1.00 bits per heavy atom. The number of nitrogens with one attached hydrogen (secondary N) is 1. The maximum atomic E-state index is 12.4. The van der Waals surface area contributed by atoms with Gasteiger partial charge >= 0.3 is 0 Å². The average Bonchev–Trinajstić information content (AvgIpc) is 3.09. The zero-order valence-electron chi connectivity index (χ0n) is 32.3. The van der Waals surface area contributed by atoms with Gasteiger partial charge < -0.3 is 25.7 Å². The molecule has 0 aliphatic heterocycles. The Morgan fingerprint density at radius 2 is 0.708 bits per heavy atom. The van der Waals surface area contributed by atoms with E-state index >= 15 is 0 Å². The van der Waals surface area contributed by atoms with Crippen molar-refractivity contribution in [1.29, 1.82) is 0 Å². The number of hydrogen-bond acceptors (Lipinski definition) is 5. The van der Waals surface area contributed by atoms with E-state index in [0.717, 1.165) is 38.5 Å². The molecular weight excluding hydrogens is 598 g/mol. The van der Waals surface area contributed by atoms with Gasteiger partial charge in [-0.25, -0.2) is 0 Å². The lowest BCUT2D eigenvalue weighted by atomic mass is 9.99. The molecule has 5 N–H and O–H groups in total. The lowest BCUT2D eigenvalue weighted by Gasteiger charge is -2.27. The summed E-state index contributed by atoms with van der Waals surface area (Å²) in [5.74, 6) is -0.583. The molecule has 0 spiro atoms. The van der Waals surface area contributed by atoms with Crippen LogP contribution in [0.25, 0.3) is 0 Å². The molecule has 0 saturated carbocycles. The van der Waals surface area contributed by atoms with E-state index in [-0.39, 0.29) is 0 Å². The molecule has 4 unspecified atom stereocenters. The highest BCUT2D eigenvalue weighted by molar-refractivity contribution is 5.80. The molecule has 0 aliphatic rings. The molecule has 0 aromatic heterocycles. The number of aliphatic hydroxyl groups excluding tert-OH is 4. The van der Waals surface area contributed by atoms with E-state index in [1.807, 2.05) is 0 Å². The summed E-state index contributed by atoms with van der Waals surface area (Å²) in [6.07, 6.45) is 38.6. The predicted octanol–water partition coefficient (Wildman–Crippen LogP) is 10.8. The summed E-state index contributed by atoms with van der Waals surface area (Å²) >= 11 is 0. The maximum absolute atomic E-state index is 12.4. The summed E-state index contributed by atoms with van der Waals surface area (Å²) in [5.41, 5.74) is 0. The Morgan fingerprint density at radius 1 is 0.438 bits per heavy atom. The summed E-state index contributed by atoms with van der Waals surface area (Å²) in [5, 5.41) is 43.5. The standard InChI is InChI=1S/C42H85NO5/c1-3-5-7-9-11-13-15-16-17-18-19-20-21-22-23-24-25-26-28-29-31-33-35-39(45)41(47)38(37-44)43-42(48)40(46)36-34-32-30-27-14-12-10-8-6-4-2/h38-41,44-47H,3-37H2,1-2H3,(H,43,48). The highest BCUT2D eigenvalue weighted by Gasteiger charge is 2.28. The van der Waals surface area contributed by atoms with Crippen LogP contribution in [0, 0.1) is 0 Å². The largest absolute Gasteiger partial charge is 0.394 e. The number of aliphatic hydroxyl groups is 4. The van der Waals surface area contributed by atoms with Crippen molar-refractivity contribution in [2.24, 2.45) is 0 Å². The van der Waals surface area contributed by atoms with Crippen LogP contribution < -0.4 is 5.32 Å². The van der Waals surface area contributed by atoms with Gasteiger partial charge in [-0.1, -0.05) is 219 Å². The van der Waals surface area contributed by atoms with Gasteiger partial charge in [-0.15, -0.1) is 0 Å². The van der Waals surface area contributed by atoms with E-state index in [1.54, 1.807) is 0 Å². The first kappa shape index (κ1) is 47.3. The Labute approximate surface area is 299 Å². The molecule has 0 saturated heterocycles. The number of hydrogen-bond donors (Lipinski definition) is 5. The van der Waals surface area contributed by atoms with Crippen LogP contribution in [-0.4, -0.2) is 57.3 Å². The minimum absolute atomic E-state index is 0.374. The molecule has 0 aromatic carbocycles. The van der Waals surface area contributed by atoms with Gasteiger partial charge in [-0.3, -0.25) is 4.79 Å². The maximum Gasteiger partial charge on any atom is 0.249 e. The van der Waals surface area contributed by atoms with Crippen molar-refractivity contribution in [2.75, 3.05) is 6.61 Å². The van der Waals surface area contributed by atoms with Gasteiger partial charge in [-0.2, -0.15) is 0 Å². The molecular formula is C42H85NO5. The van der Waals surface area contributed by atoms with E-state index in [0.29, 0.717) is 12.8 Å². The van der Waals surface area contributed by atoms with Gasteiger partial charge in [0.2, 0.25) is 5.91 Å². The van der Waals surface area contributed by atoms with Crippen LogP contribution in [0.3, 0.4) is 0 Å². The topological polar surface area (TPSA) is 110 Å². The van der Waals surface area contributed by atoms with Crippen LogP contribution in [0.2, 0.25) is 0 Å². The van der Waals surface area contributed by atoms with Gasteiger partial charge in [0.15, 0.2) is 0 Å². The van der Waals surface area contributed by atoms with Crippen molar-refractivity contribution in [3.8, 4) is 0 Å². The molecule has 0 aromatic rings. The lowest BCUT2D eigenvalue weighted by molar-refractivity contribution is -0.132. The SMILES string of the molecule is CCCCCCCCCCCCCCCCCCCCCCCCC(O)C(O)C(CO)NC(=O)C(O)CCCCCCCCCCCC. The minimum atomic E-state index is -1.25. The zero-order chi connectivity index (χ0) is 35.3.